The molecule has 0 atom stereocenters. The van der Waals surface area contributed by atoms with E-state index < -0.39 is 5.88 Å². The topological polar surface area (TPSA) is 93.8 Å². The molecular weight excluding hydrogens is 206 g/mol. The Morgan fingerprint density at radius 2 is 2.12 bits per heavy atom. The van der Waals surface area contributed by atoms with Gasteiger partial charge in [0.25, 0.3) is 0 Å². The summed E-state index contributed by atoms with van der Waals surface area (Å²) in [6.45, 7) is 0. The Morgan fingerprint density at radius 3 is 2.69 bits per heavy atom. The van der Waals surface area contributed by atoms with Crippen molar-refractivity contribution in [3.05, 3.63) is 35.7 Å². The van der Waals surface area contributed by atoms with Crippen molar-refractivity contribution in [2.24, 2.45) is 0 Å². The summed E-state index contributed by atoms with van der Waals surface area (Å²) in [5.74, 6) is -0.0568. The Balaban J connectivity index is 2.81. The summed E-state index contributed by atoms with van der Waals surface area (Å²) in [6, 6.07) is 6.95. The van der Waals surface area contributed by atoms with Crippen LogP contribution in [0.5, 0.6) is 5.88 Å². The summed E-state index contributed by atoms with van der Waals surface area (Å²) in [4.78, 5) is 3.56. The zero-order chi connectivity index (χ0) is 11.5. The average molecular weight is 211 g/mol. The van der Waals surface area contributed by atoms with Crippen LogP contribution in [-0.4, -0.2) is 10.1 Å². The second-order valence-corrected chi connectivity index (χ2v) is 2.95. The Kier molecular flexibility index (Phi) is 2.29. The van der Waals surface area contributed by atoms with Gasteiger partial charge in [-0.1, -0.05) is 0 Å². The van der Waals surface area contributed by atoms with Crippen molar-refractivity contribution in [1.29, 1.82) is 10.5 Å². The molecule has 1 N–H and O–H groups in total. The molecule has 2 heterocycles. The van der Waals surface area contributed by atoms with Gasteiger partial charge in [-0.25, -0.2) is 4.98 Å². The molecule has 0 amide bonds. The van der Waals surface area contributed by atoms with E-state index in [-0.39, 0.29) is 16.7 Å². The van der Waals surface area contributed by atoms with Gasteiger partial charge < -0.3 is 9.52 Å². The zero-order valence-electron chi connectivity index (χ0n) is 8.01. The van der Waals surface area contributed by atoms with Gasteiger partial charge in [-0.2, -0.15) is 10.5 Å². The standard InChI is InChI=1S/C11H5N3O2/c12-4-7-6-14-11(15)8(5-13)10(7)9-2-1-3-16-9/h1-3,6H,(H,14,15). The summed E-state index contributed by atoms with van der Waals surface area (Å²) < 4.78 is 5.12. The van der Waals surface area contributed by atoms with Crippen molar-refractivity contribution in [2.45, 2.75) is 0 Å². The quantitative estimate of drug-likeness (QED) is 0.775. The summed E-state index contributed by atoms with van der Waals surface area (Å²) in [6.07, 6.45) is 2.63. The zero-order valence-corrected chi connectivity index (χ0v) is 8.01. The van der Waals surface area contributed by atoms with E-state index in [0.29, 0.717) is 5.76 Å². The minimum absolute atomic E-state index is 0.0611. The minimum Gasteiger partial charge on any atom is -0.492 e. The van der Waals surface area contributed by atoms with Gasteiger partial charge in [0.05, 0.1) is 17.4 Å². The maximum Gasteiger partial charge on any atom is 0.230 e. The third-order valence-corrected chi connectivity index (χ3v) is 2.06. The van der Waals surface area contributed by atoms with Crippen molar-refractivity contribution in [1.82, 2.24) is 4.98 Å². The molecule has 0 bridgehead atoms. The molecule has 5 heteroatoms. The van der Waals surface area contributed by atoms with Crippen LogP contribution in [0.4, 0.5) is 0 Å². The fraction of sp³-hybridized carbons (Fsp3) is 0. The van der Waals surface area contributed by atoms with Crippen molar-refractivity contribution in [2.75, 3.05) is 0 Å². The molecule has 0 unspecified atom stereocenters. The number of nitrogens with zero attached hydrogens (tertiary/aromatic N) is 3. The highest BCUT2D eigenvalue weighted by atomic mass is 16.3. The lowest BCUT2D eigenvalue weighted by molar-refractivity contribution is 0.451. The lowest BCUT2D eigenvalue weighted by atomic mass is 10.0. The Morgan fingerprint density at radius 1 is 1.31 bits per heavy atom. The van der Waals surface area contributed by atoms with E-state index in [9.17, 15) is 5.11 Å². The molecule has 5 nitrogen and oxygen atoms in total. The molecule has 0 fully saturated rings. The monoisotopic (exact) mass is 211 g/mol. The van der Waals surface area contributed by atoms with Crippen LogP contribution >= 0.6 is 0 Å². The van der Waals surface area contributed by atoms with Crippen LogP contribution in [-0.2, 0) is 0 Å². The van der Waals surface area contributed by atoms with Gasteiger partial charge >= 0.3 is 0 Å². The van der Waals surface area contributed by atoms with E-state index in [2.05, 4.69) is 4.98 Å². The number of aromatic hydroxyl groups is 1. The first-order valence-corrected chi connectivity index (χ1v) is 4.34. The Labute approximate surface area is 90.8 Å². The van der Waals surface area contributed by atoms with Crippen molar-refractivity contribution < 1.29 is 9.52 Å². The highest BCUT2D eigenvalue weighted by molar-refractivity contribution is 5.74. The maximum atomic E-state index is 9.43. The van der Waals surface area contributed by atoms with Gasteiger partial charge in [-0.3, -0.25) is 0 Å². The highest BCUT2D eigenvalue weighted by Crippen LogP contribution is 2.31. The predicted molar refractivity (Wildman–Crippen MR) is 53.0 cm³/mol. The van der Waals surface area contributed by atoms with Gasteiger partial charge in [-0.05, 0) is 12.1 Å². The van der Waals surface area contributed by atoms with E-state index >= 15 is 0 Å². The molecule has 2 aromatic rings. The van der Waals surface area contributed by atoms with E-state index in [1.54, 1.807) is 18.2 Å². The fourth-order valence-electron chi connectivity index (χ4n) is 1.37. The van der Waals surface area contributed by atoms with Crippen molar-refractivity contribution in [3.8, 4) is 29.3 Å². The molecule has 0 aliphatic heterocycles. The molecule has 0 aromatic carbocycles. The molecule has 2 aromatic heterocycles. The Hall–Kier alpha value is -2.79. The molecule has 0 saturated carbocycles. The first-order valence-electron chi connectivity index (χ1n) is 4.34. The summed E-state index contributed by atoms with van der Waals surface area (Å²) >= 11 is 0. The van der Waals surface area contributed by atoms with E-state index in [1.807, 2.05) is 6.07 Å². The molecular formula is C11H5N3O2. The van der Waals surface area contributed by atoms with Crippen LogP contribution in [0.3, 0.4) is 0 Å². The summed E-state index contributed by atoms with van der Waals surface area (Å²) in [5, 5.41) is 27.2. The highest BCUT2D eigenvalue weighted by Gasteiger charge is 2.17. The lowest BCUT2D eigenvalue weighted by Crippen LogP contribution is -1.92. The van der Waals surface area contributed by atoms with E-state index in [0.717, 1.165) is 0 Å². The van der Waals surface area contributed by atoms with Crippen LogP contribution in [0.1, 0.15) is 11.1 Å². The van der Waals surface area contributed by atoms with Crippen molar-refractivity contribution in [3.63, 3.8) is 0 Å². The molecule has 2 rings (SSSR count). The first kappa shape index (κ1) is 9.75. The van der Waals surface area contributed by atoms with Crippen LogP contribution in [0.15, 0.2) is 29.0 Å². The number of rotatable bonds is 1. The second-order valence-electron chi connectivity index (χ2n) is 2.95. The molecule has 0 radical (unpaired) electrons. The number of nitriles is 2. The van der Waals surface area contributed by atoms with Crippen LogP contribution in [0.25, 0.3) is 11.3 Å². The number of aromatic nitrogens is 1. The van der Waals surface area contributed by atoms with Crippen LogP contribution in [0, 0.1) is 22.7 Å². The van der Waals surface area contributed by atoms with E-state index in [1.165, 1.54) is 12.5 Å². The third kappa shape index (κ3) is 1.37. The number of furan rings is 1. The molecule has 0 spiro atoms. The number of hydrogen-bond acceptors (Lipinski definition) is 5. The van der Waals surface area contributed by atoms with Gasteiger partial charge in [0, 0.05) is 6.20 Å². The van der Waals surface area contributed by atoms with Gasteiger partial charge in [0.2, 0.25) is 5.88 Å². The minimum atomic E-state index is -0.409. The molecule has 0 aliphatic carbocycles. The van der Waals surface area contributed by atoms with Crippen LogP contribution < -0.4 is 0 Å². The van der Waals surface area contributed by atoms with Gasteiger partial charge in [-0.15, -0.1) is 0 Å². The smallest absolute Gasteiger partial charge is 0.230 e. The molecule has 16 heavy (non-hydrogen) atoms. The number of pyridine rings is 1. The third-order valence-electron chi connectivity index (χ3n) is 2.06. The van der Waals surface area contributed by atoms with Gasteiger partial charge in [0.15, 0.2) is 0 Å². The predicted octanol–water partition coefficient (Wildman–Crippen LogP) is 1.79. The van der Waals surface area contributed by atoms with Gasteiger partial charge in [0.1, 0.15) is 23.5 Å². The van der Waals surface area contributed by atoms with Crippen molar-refractivity contribution >= 4 is 0 Å². The second kappa shape index (κ2) is 3.76. The lowest BCUT2D eigenvalue weighted by Gasteiger charge is -2.03. The average Bonchev–Trinajstić information content (AvgIpc) is 2.81. The molecule has 0 saturated heterocycles. The largest absolute Gasteiger partial charge is 0.492 e. The normalized spacial score (nSPS) is 9.38. The number of hydrogen-bond donors (Lipinski definition) is 1. The van der Waals surface area contributed by atoms with E-state index in [4.69, 9.17) is 14.9 Å². The SMILES string of the molecule is N#Cc1cnc(O)c(C#N)c1-c1ccco1. The maximum absolute atomic E-state index is 9.43. The Bertz CT molecular complexity index is 603. The summed E-state index contributed by atoms with van der Waals surface area (Å²) in [5.41, 5.74) is 0.390. The first-order chi connectivity index (χ1) is 7.77. The van der Waals surface area contributed by atoms with Crippen LogP contribution in [0.2, 0.25) is 0 Å². The molecule has 0 aliphatic rings. The summed E-state index contributed by atoms with van der Waals surface area (Å²) in [7, 11) is 0. The fourth-order valence-corrected chi connectivity index (χ4v) is 1.37. The molecule has 76 valence electrons.